The van der Waals surface area contributed by atoms with Gasteiger partial charge in [0.15, 0.2) is 0 Å². The minimum Gasteiger partial charge on any atom is -0.251 e. The van der Waals surface area contributed by atoms with E-state index in [-0.39, 0.29) is 6.67 Å². The minimum atomic E-state index is -0.187. The van der Waals surface area contributed by atoms with Gasteiger partial charge in [0.1, 0.15) is 0 Å². The predicted molar refractivity (Wildman–Crippen MR) is 115 cm³/mol. The molecule has 0 atom stereocenters. The van der Waals surface area contributed by atoms with E-state index in [1.54, 1.807) is 0 Å². The number of nitriles is 1. The number of aryl methyl sites for hydroxylation is 1. The van der Waals surface area contributed by atoms with E-state index in [1.165, 1.54) is 63.4 Å². The molecule has 1 aromatic carbocycles. The first-order valence-electron chi connectivity index (χ1n) is 11.5. The van der Waals surface area contributed by atoms with E-state index < -0.39 is 0 Å². The van der Waals surface area contributed by atoms with Gasteiger partial charge in [-0.1, -0.05) is 37.1 Å². The lowest BCUT2D eigenvalue weighted by atomic mass is 9.68. The second-order valence-corrected chi connectivity index (χ2v) is 9.06. The van der Waals surface area contributed by atoms with Crippen molar-refractivity contribution in [1.29, 1.82) is 5.26 Å². The highest BCUT2D eigenvalue weighted by Crippen LogP contribution is 2.42. The van der Waals surface area contributed by atoms with Gasteiger partial charge in [-0.25, -0.2) is 0 Å². The number of benzene rings is 1. The minimum absolute atomic E-state index is 0.187. The van der Waals surface area contributed by atoms with Crippen LogP contribution in [0.4, 0.5) is 4.39 Å². The Labute approximate surface area is 171 Å². The fraction of sp³-hybridized carbons (Fsp3) is 0.654. The van der Waals surface area contributed by atoms with E-state index in [1.807, 2.05) is 12.1 Å². The van der Waals surface area contributed by atoms with E-state index in [4.69, 9.17) is 5.26 Å². The van der Waals surface area contributed by atoms with Crippen molar-refractivity contribution in [2.24, 2.45) is 23.7 Å². The molecule has 2 heteroatoms. The zero-order valence-electron chi connectivity index (χ0n) is 17.3. The first kappa shape index (κ1) is 21.1. The van der Waals surface area contributed by atoms with Crippen LogP contribution in [0.1, 0.15) is 81.8 Å². The van der Waals surface area contributed by atoms with Crippen LogP contribution in [0.25, 0.3) is 0 Å². The first-order chi connectivity index (χ1) is 13.8. The summed E-state index contributed by atoms with van der Waals surface area (Å²) < 4.78 is 12.2. The lowest BCUT2D eigenvalue weighted by Gasteiger charge is -2.37. The molecule has 152 valence electrons. The number of unbranched alkanes of at least 4 members (excludes halogenated alkanes) is 1. The second kappa shape index (κ2) is 11.4. The van der Waals surface area contributed by atoms with Crippen LogP contribution in [0.2, 0.25) is 0 Å². The van der Waals surface area contributed by atoms with Crippen molar-refractivity contribution in [2.75, 3.05) is 6.67 Å². The lowest BCUT2D eigenvalue weighted by molar-refractivity contribution is 0.152. The van der Waals surface area contributed by atoms with Crippen LogP contribution < -0.4 is 0 Å². The van der Waals surface area contributed by atoms with E-state index in [0.717, 1.165) is 42.1 Å². The molecule has 0 aromatic heterocycles. The van der Waals surface area contributed by atoms with E-state index in [0.29, 0.717) is 6.42 Å². The maximum Gasteiger partial charge on any atom is 0.0991 e. The summed E-state index contributed by atoms with van der Waals surface area (Å²) in [6, 6.07) is 10.3. The molecule has 0 radical (unpaired) electrons. The maximum atomic E-state index is 12.2. The summed E-state index contributed by atoms with van der Waals surface area (Å²) >= 11 is 0. The average Bonchev–Trinajstić information content (AvgIpc) is 2.76. The molecule has 1 aromatic rings. The zero-order chi connectivity index (χ0) is 19.6. The largest absolute Gasteiger partial charge is 0.251 e. The fourth-order valence-corrected chi connectivity index (χ4v) is 5.36. The summed E-state index contributed by atoms with van der Waals surface area (Å²) in [5.74, 6) is 3.55. The molecule has 2 saturated carbocycles. The molecular formula is C26H36FN. The Bertz CT molecular complexity index is 625. The van der Waals surface area contributed by atoms with Crippen molar-refractivity contribution >= 4 is 0 Å². The summed E-state index contributed by atoms with van der Waals surface area (Å²) in [6.45, 7) is -0.187. The topological polar surface area (TPSA) is 23.8 Å². The molecular weight excluding hydrogens is 345 g/mol. The van der Waals surface area contributed by atoms with Crippen LogP contribution >= 0.6 is 0 Å². The molecule has 0 aliphatic heterocycles. The molecule has 2 aliphatic rings. The molecule has 0 unspecified atom stereocenters. The van der Waals surface area contributed by atoms with Crippen LogP contribution in [-0.4, -0.2) is 6.67 Å². The number of hydrogen-bond donors (Lipinski definition) is 0. The molecule has 1 nitrogen and oxygen atoms in total. The van der Waals surface area contributed by atoms with Gasteiger partial charge in [-0.2, -0.15) is 5.26 Å². The quantitative estimate of drug-likeness (QED) is 0.340. The summed E-state index contributed by atoms with van der Waals surface area (Å²) in [4.78, 5) is 0. The van der Waals surface area contributed by atoms with Gasteiger partial charge < -0.3 is 0 Å². The molecule has 0 heterocycles. The average molecular weight is 382 g/mol. The molecule has 0 spiro atoms. The molecule has 0 saturated heterocycles. The van der Waals surface area contributed by atoms with Crippen molar-refractivity contribution < 1.29 is 4.39 Å². The van der Waals surface area contributed by atoms with Gasteiger partial charge in [-0.05, 0) is 106 Å². The lowest BCUT2D eigenvalue weighted by Crippen LogP contribution is -2.25. The Hall–Kier alpha value is -1.62. The van der Waals surface area contributed by atoms with Gasteiger partial charge in [-0.15, -0.1) is 0 Å². The highest BCUT2D eigenvalue weighted by atomic mass is 19.1. The Kier molecular flexibility index (Phi) is 8.59. The van der Waals surface area contributed by atoms with Gasteiger partial charge in [0.25, 0.3) is 0 Å². The molecule has 0 bridgehead atoms. The van der Waals surface area contributed by atoms with Crippen molar-refractivity contribution in [2.45, 2.75) is 77.0 Å². The van der Waals surface area contributed by atoms with Crippen molar-refractivity contribution in [3.63, 3.8) is 0 Å². The molecule has 2 aliphatic carbocycles. The highest BCUT2D eigenvalue weighted by molar-refractivity contribution is 5.31. The normalized spacial score (nSPS) is 28.3. The van der Waals surface area contributed by atoms with Gasteiger partial charge in [0, 0.05) is 0 Å². The molecule has 0 amide bonds. The number of nitrogens with zero attached hydrogens (tertiary/aromatic N) is 1. The first-order valence-corrected chi connectivity index (χ1v) is 11.5. The van der Waals surface area contributed by atoms with Gasteiger partial charge in [0.05, 0.1) is 18.3 Å². The zero-order valence-corrected chi connectivity index (χ0v) is 17.3. The summed E-state index contributed by atoms with van der Waals surface area (Å²) in [7, 11) is 0. The summed E-state index contributed by atoms with van der Waals surface area (Å²) in [6.07, 6.45) is 19.8. The third-order valence-electron chi connectivity index (χ3n) is 7.21. The van der Waals surface area contributed by atoms with Crippen molar-refractivity contribution in [1.82, 2.24) is 0 Å². The molecule has 2 fully saturated rings. The standard InChI is InChI=1S/C26H36FN/c27-19-3-1-2-4-21-11-15-25(16-12-21)26-17-13-23(14-18-26)6-5-22-7-9-24(20-28)10-8-22/h2,4,7-10,21,23,25-26H,1,3,5-6,11-19H2/b4-2+. The summed E-state index contributed by atoms with van der Waals surface area (Å²) in [5, 5.41) is 8.90. The molecule has 28 heavy (non-hydrogen) atoms. The predicted octanol–water partition coefficient (Wildman–Crippen LogP) is 7.41. The number of rotatable bonds is 8. The van der Waals surface area contributed by atoms with E-state index in [9.17, 15) is 4.39 Å². The van der Waals surface area contributed by atoms with E-state index >= 15 is 0 Å². The van der Waals surface area contributed by atoms with Crippen molar-refractivity contribution in [3.05, 3.63) is 47.5 Å². The highest BCUT2D eigenvalue weighted by Gasteiger charge is 2.30. The third kappa shape index (κ3) is 6.47. The second-order valence-electron chi connectivity index (χ2n) is 9.06. The van der Waals surface area contributed by atoms with E-state index in [2.05, 4.69) is 30.4 Å². The fourth-order valence-electron chi connectivity index (χ4n) is 5.36. The molecule has 3 rings (SSSR count). The maximum absolute atomic E-state index is 12.2. The number of hydrogen-bond acceptors (Lipinski definition) is 1. The van der Waals surface area contributed by atoms with Crippen LogP contribution in [-0.2, 0) is 6.42 Å². The monoisotopic (exact) mass is 381 g/mol. The number of allylic oxidation sites excluding steroid dienone is 2. The van der Waals surface area contributed by atoms with Crippen molar-refractivity contribution in [3.8, 4) is 6.07 Å². The Morgan fingerprint density at radius 1 is 0.929 bits per heavy atom. The molecule has 0 N–H and O–H groups in total. The van der Waals surface area contributed by atoms with Crippen LogP contribution in [0.5, 0.6) is 0 Å². The van der Waals surface area contributed by atoms with Crippen LogP contribution in [0, 0.1) is 35.0 Å². The Morgan fingerprint density at radius 3 is 2.18 bits per heavy atom. The summed E-state index contributed by atoms with van der Waals surface area (Å²) in [5.41, 5.74) is 2.13. The number of alkyl halides is 1. The SMILES string of the molecule is N#Cc1ccc(CCC2CCC(C3CCC(/C=C/CCCF)CC3)CC2)cc1. The Morgan fingerprint density at radius 2 is 1.57 bits per heavy atom. The third-order valence-corrected chi connectivity index (χ3v) is 7.21. The Balaban J connectivity index is 1.33. The van der Waals surface area contributed by atoms with Gasteiger partial charge >= 0.3 is 0 Å². The number of halogens is 1. The van der Waals surface area contributed by atoms with Crippen LogP contribution in [0.15, 0.2) is 36.4 Å². The smallest absolute Gasteiger partial charge is 0.0991 e. The van der Waals surface area contributed by atoms with Gasteiger partial charge in [0.2, 0.25) is 0 Å². The van der Waals surface area contributed by atoms with Gasteiger partial charge in [-0.3, -0.25) is 4.39 Å². The van der Waals surface area contributed by atoms with Crippen LogP contribution in [0.3, 0.4) is 0 Å².